The second kappa shape index (κ2) is 7.43. The number of nitrogens with zero attached hydrogens (tertiary/aromatic N) is 2. The first-order valence-electron chi connectivity index (χ1n) is 9.44. The van der Waals surface area contributed by atoms with Crippen molar-refractivity contribution in [3.05, 3.63) is 94.5 Å². The Morgan fingerprint density at radius 2 is 1.47 bits per heavy atom. The highest BCUT2D eigenvalue weighted by atomic mass is 35.5. The summed E-state index contributed by atoms with van der Waals surface area (Å²) in [5, 5.41) is 2.73. The molecule has 30 heavy (non-hydrogen) atoms. The van der Waals surface area contributed by atoms with E-state index in [9.17, 15) is 9.59 Å². The molecule has 0 unspecified atom stereocenters. The number of para-hydroxylation sites is 1. The van der Waals surface area contributed by atoms with E-state index in [-0.39, 0.29) is 5.91 Å². The van der Waals surface area contributed by atoms with Gasteiger partial charge in [0.05, 0.1) is 17.4 Å². The van der Waals surface area contributed by atoms with Crippen LogP contribution in [0.15, 0.2) is 78.9 Å². The number of carbonyl (C=O) groups is 2. The number of anilines is 2. The number of imide groups is 1. The van der Waals surface area contributed by atoms with Gasteiger partial charge < -0.3 is 0 Å². The summed E-state index contributed by atoms with van der Waals surface area (Å²) in [6, 6.07) is 22.8. The summed E-state index contributed by atoms with van der Waals surface area (Å²) < 4.78 is 0. The third kappa shape index (κ3) is 3.06. The summed E-state index contributed by atoms with van der Waals surface area (Å²) in [7, 11) is 0. The molecule has 5 nitrogen and oxygen atoms in total. The summed E-state index contributed by atoms with van der Waals surface area (Å²) in [6.07, 6.45) is -0.919. The lowest BCUT2D eigenvalue weighted by atomic mass is 9.90. The van der Waals surface area contributed by atoms with Gasteiger partial charge in [-0.25, -0.2) is 9.96 Å². The van der Waals surface area contributed by atoms with Gasteiger partial charge in [-0.2, -0.15) is 0 Å². The van der Waals surface area contributed by atoms with Gasteiger partial charge in [-0.05, 0) is 54.1 Å². The van der Waals surface area contributed by atoms with E-state index in [2.05, 4.69) is 0 Å². The maximum absolute atomic E-state index is 13.5. The van der Waals surface area contributed by atoms with Crippen LogP contribution in [-0.4, -0.2) is 17.9 Å². The normalized spacial score (nSPS) is 23.2. The zero-order valence-corrected chi connectivity index (χ0v) is 17.1. The molecule has 0 radical (unpaired) electrons. The van der Waals surface area contributed by atoms with Gasteiger partial charge in [-0.3, -0.25) is 14.4 Å². The largest absolute Gasteiger partial charge is 0.273 e. The zero-order chi connectivity index (χ0) is 20.8. The first-order chi connectivity index (χ1) is 14.5. The lowest BCUT2D eigenvalue weighted by molar-refractivity contribution is -0.126. The molecule has 2 saturated heterocycles. The van der Waals surface area contributed by atoms with Crippen molar-refractivity contribution in [3.8, 4) is 0 Å². The molecule has 7 heteroatoms. The van der Waals surface area contributed by atoms with Crippen LogP contribution >= 0.6 is 23.2 Å². The van der Waals surface area contributed by atoms with Crippen LogP contribution in [0.2, 0.25) is 10.0 Å². The van der Waals surface area contributed by atoms with Gasteiger partial charge in [0.15, 0.2) is 6.10 Å². The minimum atomic E-state index is -0.919. The predicted molar refractivity (Wildman–Crippen MR) is 115 cm³/mol. The summed E-state index contributed by atoms with van der Waals surface area (Å²) in [4.78, 5) is 33.9. The van der Waals surface area contributed by atoms with E-state index in [0.717, 1.165) is 11.3 Å². The molecule has 150 valence electrons. The van der Waals surface area contributed by atoms with Crippen LogP contribution in [-0.2, 0) is 14.4 Å². The summed E-state index contributed by atoms with van der Waals surface area (Å²) >= 11 is 12.2. The second-order valence-electron chi connectivity index (χ2n) is 7.20. The van der Waals surface area contributed by atoms with Crippen molar-refractivity contribution in [2.45, 2.75) is 12.1 Å². The number of hydrogen-bond donors (Lipinski definition) is 0. The monoisotopic (exact) mass is 438 g/mol. The van der Waals surface area contributed by atoms with Crippen molar-refractivity contribution in [1.82, 2.24) is 0 Å². The number of rotatable bonds is 3. The number of carbonyl (C=O) groups excluding carboxylic acids is 2. The van der Waals surface area contributed by atoms with Crippen LogP contribution in [0.4, 0.5) is 11.4 Å². The highest BCUT2D eigenvalue weighted by molar-refractivity contribution is 6.31. The standard InChI is InChI=1S/C23H16Cl2N2O3/c24-15-9-11-17(12-10-15)26-22(28)19-20(14-5-4-6-16(25)13-14)27(30-21(19)23(26)29)18-7-2-1-3-8-18/h1-13,19-21H/t19-,20-,21+/m0/s1. The molecule has 3 aromatic rings. The molecule has 0 saturated carbocycles. The number of amides is 2. The van der Waals surface area contributed by atoms with E-state index in [1.807, 2.05) is 42.5 Å². The summed E-state index contributed by atoms with van der Waals surface area (Å²) in [6.45, 7) is 0. The minimum absolute atomic E-state index is 0.310. The Balaban J connectivity index is 1.59. The minimum Gasteiger partial charge on any atom is -0.273 e. The molecule has 3 aromatic carbocycles. The first-order valence-corrected chi connectivity index (χ1v) is 10.2. The van der Waals surface area contributed by atoms with Crippen molar-refractivity contribution >= 4 is 46.4 Å². The third-order valence-corrected chi connectivity index (χ3v) is 5.89. The SMILES string of the molecule is O=C1[C@@H]2[C@@H](ON(c3ccccc3)[C@H]2c2cccc(Cl)c2)C(=O)N1c1ccc(Cl)cc1. The van der Waals surface area contributed by atoms with Gasteiger partial charge in [-0.1, -0.05) is 53.5 Å². The van der Waals surface area contributed by atoms with E-state index >= 15 is 0 Å². The maximum Gasteiger partial charge on any atom is 0.266 e. The van der Waals surface area contributed by atoms with Gasteiger partial charge in [0.1, 0.15) is 5.92 Å². The summed E-state index contributed by atoms with van der Waals surface area (Å²) in [5.41, 5.74) is 2.04. The Bertz CT molecular complexity index is 1120. The van der Waals surface area contributed by atoms with Gasteiger partial charge in [0, 0.05) is 10.0 Å². The van der Waals surface area contributed by atoms with Crippen molar-refractivity contribution in [3.63, 3.8) is 0 Å². The van der Waals surface area contributed by atoms with Crippen molar-refractivity contribution in [2.24, 2.45) is 5.92 Å². The molecule has 0 aliphatic carbocycles. The fraction of sp³-hybridized carbons (Fsp3) is 0.130. The van der Waals surface area contributed by atoms with Crippen LogP contribution in [0.1, 0.15) is 11.6 Å². The quantitative estimate of drug-likeness (QED) is 0.537. The Morgan fingerprint density at radius 1 is 0.733 bits per heavy atom. The molecule has 2 aliphatic rings. The molecule has 0 bridgehead atoms. The molecular formula is C23H16Cl2N2O3. The molecule has 2 aliphatic heterocycles. The molecule has 0 aromatic heterocycles. The predicted octanol–water partition coefficient (Wildman–Crippen LogP) is 5.04. The van der Waals surface area contributed by atoms with Crippen LogP contribution in [0.5, 0.6) is 0 Å². The lowest BCUT2D eigenvalue weighted by Gasteiger charge is -2.28. The van der Waals surface area contributed by atoms with Gasteiger partial charge in [0.2, 0.25) is 5.91 Å². The Hall–Kier alpha value is -2.86. The van der Waals surface area contributed by atoms with Crippen molar-refractivity contribution in [1.29, 1.82) is 0 Å². The molecule has 5 rings (SSSR count). The molecule has 0 spiro atoms. The highest BCUT2D eigenvalue weighted by Crippen LogP contribution is 2.47. The average Bonchev–Trinajstić information content (AvgIpc) is 3.26. The molecule has 2 fully saturated rings. The van der Waals surface area contributed by atoms with E-state index in [1.54, 1.807) is 41.5 Å². The second-order valence-corrected chi connectivity index (χ2v) is 8.07. The van der Waals surface area contributed by atoms with Crippen molar-refractivity contribution in [2.75, 3.05) is 9.96 Å². The number of benzene rings is 3. The maximum atomic E-state index is 13.5. The van der Waals surface area contributed by atoms with Crippen LogP contribution in [0.25, 0.3) is 0 Å². The Labute approximate surface area is 183 Å². The highest BCUT2D eigenvalue weighted by Gasteiger charge is 2.60. The van der Waals surface area contributed by atoms with Crippen LogP contribution in [0.3, 0.4) is 0 Å². The lowest BCUT2D eigenvalue weighted by Crippen LogP contribution is -2.37. The third-order valence-electron chi connectivity index (χ3n) is 5.40. The molecule has 3 atom stereocenters. The molecular weight excluding hydrogens is 423 g/mol. The fourth-order valence-corrected chi connectivity index (χ4v) is 4.41. The van der Waals surface area contributed by atoms with E-state index < -0.39 is 24.0 Å². The number of hydroxylamine groups is 1. The van der Waals surface area contributed by atoms with Crippen molar-refractivity contribution < 1.29 is 14.4 Å². The number of fused-ring (bicyclic) bond motifs is 1. The number of halogens is 2. The zero-order valence-electron chi connectivity index (χ0n) is 15.6. The smallest absolute Gasteiger partial charge is 0.266 e. The Morgan fingerprint density at radius 3 is 2.17 bits per heavy atom. The number of hydrogen-bond acceptors (Lipinski definition) is 4. The van der Waals surface area contributed by atoms with Gasteiger partial charge in [-0.15, -0.1) is 0 Å². The van der Waals surface area contributed by atoms with E-state index in [0.29, 0.717) is 15.7 Å². The first kappa shape index (κ1) is 19.1. The molecule has 2 amide bonds. The topological polar surface area (TPSA) is 49.9 Å². The van der Waals surface area contributed by atoms with E-state index in [1.165, 1.54) is 4.90 Å². The fourth-order valence-electron chi connectivity index (χ4n) is 4.09. The van der Waals surface area contributed by atoms with Crippen LogP contribution < -0.4 is 9.96 Å². The molecule has 0 N–H and O–H groups in total. The van der Waals surface area contributed by atoms with Gasteiger partial charge in [0.25, 0.3) is 5.91 Å². The molecule has 2 heterocycles. The Kier molecular flexibility index (Phi) is 4.74. The van der Waals surface area contributed by atoms with Gasteiger partial charge >= 0.3 is 0 Å². The van der Waals surface area contributed by atoms with Crippen LogP contribution in [0, 0.1) is 5.92 Å². The van der Waals surface area contributed by atoms with E-state index in [4.69, 9.17) is 28.0 Å². The summed E-state index contributed by atoms with van der Waals surface area (Å²) in [5.74, 6) is -1.40. The average molecular weight is 439 g/mol.